The summed E-state index contributed by atoms with van der Waals surface area (Å²) < 4.78 is 10.5. The molecule has 0 bridgehead atoms. The molecule has 2 rings (SSSR count). The average Bonchev–Trinajstić information content (AvgIpc) is 2.94. The maximum Gasteiger partial charge on any atom is 0.198 e. The number of Topliss-reactive ketones (excluding diaryl/α,β-unsaturated/α-hetero) is 1. The first-order chi connectivity index (χ1) is 9.22. The van der Waals surface area contributed by atoms with Crippen LogP contribution in [-0.2, 0) is 12.8 Å². The van der Waals surface area contributed by atoms with Gasteiger partial charge in [-0.05, 0) is 36.2 Å². The van der Waals surface area contributed by atoms with Gasteiger partial charge in [-0.1, -0.05) is 19.1 Å². The van der Waals surface area contributed by atoms with E-state index in [2.05, 4.69) is 0 Å². The van der Waals surface area contributed by atoms with E-state index in [1.54, 1.807) is 13.2 Å². The molecule has 0 radical (unpaired) electrons. The summed E-state index contributed by atoms with van der Waals surface area (Å²) in [5, 5.41) is 0. The predicted octanol–water partition coefficient (Wildman–Crippen LogP) is 3.67. The van der Waals surface area contributed by atoms with Gasteiger partial charge in [0.05, 0.1) is 7.11 Å². The van der Waals surface area contributed by atoms with Crippen molar-refractivity contribution in [3.63, 3.8) is 0 Å². The second-order valence-electron chi connectivity index (χ2n) is 4.39. The summed E-state index contributed by atoms with van der Waals surface area (Å²) in [6.07, 6.45) is 1.99. The summed E-state index contributed by atoms with van der Waals surface area (Å²) >= 11 is 0. The smallest absolute Gasteiger partial charge is 0.198 e. The Bertz CT molecular complexity index is 537. The third-order valence-corrected chi connectivity index (χ3v) is 3.08. The summed E-state index contributed by atoms with van der Waals surface area (Å²) in [7, 11) is 1.64. The highest BCUT2D eigenvalue weighted by Gasteiger charge is 2.10. The molecule has 1 aromatic heterocycles. The van der Waals surface area contributed by atoms with Crippen molar-refractivity contribution in [1.82, 2.24) is 0 Å². The number of rotatable bonds is 6. The van der Waals surface area contributed by atoms with E-state index in [-0.39, 0.29) is 5.78 Å². The van der Waals surface area contributed by atoms with Crippen LogP contribution >= 0.6 is 0 Å². The minimum Gasteiger partial charge on any atom is -0.497 e. The SMILES string of the molecule is CCc1ccc(C(=O)CCc2ccc(OC)cc2)o1. The summed E-state index contributed by atoms with van der Waals surface area (Å²) in [6.45, 7) is 2.00. The first kappa shape index (κ1) is 13.4. The van der Waals surface area contributed by atoms with Crippen LogP contribution in [0.3, 0.4) is 0 Å². The zero-order valence-corrected chi connectivity index (χ0v) is 11.3. The maximum atomic E-state index is 12.0. The van der Waals surface area contributed by atoms with Crippen molar-refractivity contribution >= 4 is 5.78 Å². The molecular formula is C16H18O3. The number of benzene rings is 1. The van der Waals surface area contributed by atoms with Gasteiger partial charge in [0.2, 0.25) is 0 Å². The topological polar surface area (TPSA) is 39.4 Å². The quantitative estimate of drug-likeness (QED) is 0.742. The normalized spacial score (nSPS) is 10.4. The number of hydrogen-bond acceptors (Lipinski definition) is 3. The molecule has 0 fully saturated rings. The number of ketones is 1. The molecule has 0 spiro atoms. The molecular weight excluding hydrogens is 240 g/mol. The Balaban J connectivity index is 1.92. The standard InChI is InChI=1S/C16H18O3/c1-3-13-9-11-16(19-13)15(17)10-6-12-4-7-14(18-2)8-5-12/h4-5,7-9,11H,3,6,10H2,1-2H3. The number of aryl methyl sites for hydroxylation is 2. The third kappa shape index (κ3) is 3.47. The maximum absolute atomic E-state index is 12.0. The molecule has 0 unspecified atom stereocenters. The van der Waals surface area contributed by atoms with E-state index in [0.717, 1.165) is 23.5 Å². The Morgan fingerprint density at radius 3 is 2.47 bits per heavy atom. The van der Waals surface area contributed by atoms with Gasteiger partial charge in [0.25, 0.3) is 0 Å². The van der Waals surface area contributed by atoms with Crippen molar-refractivity contribution in [1.29, 1.82) is 0 Å². The molecule has 0 aliphatic rings. The number of hydrogen-bond donors (Lipinski definition) is 0. The van der Waals surface area contributed by atoms with Crippen LogP contribution in [0, 0.1) is 0 Å². The lowest BCUT2D eigenvalue weighted by atomic mass is 10.1. The van der Waals surface area contributed by atoms with E-state index in [9.17, 15) is 4.79 Å². The van der Waals surface area contributed by atoms with Gasteiger partial charge in [-0.15, -0.1) is 0 Å². The molecule has 0 saturated carbocycles. The molecule has 1 heterocycles. The Labute approximate surface area is 113 Å². The van der Waals surface area contributed by atoms with Crippen LogP contribution in [0.2, 0.25) is 0 Å². The summed E-state index contributed by atoms with van der Waals surface area (Å²) in [5.74, 6) is 2.20. The van der Waals surface area contributed by atoms with E-state index in [4.69, 9.17) is 9.15 Å². The number of ether oxygens (including phenoxy) is 1. The lowest BCUT2D eigenvalue weighted by molar-refractivity contribution is 0.0954. The highest BCUT2D eigenvalue weighted by Crippen LogP contribution is 2.15. The molecule has 0 N–H and O–H groups in total. The molecule has 0 amide bonds. The first-order valence-electron chi connectivity index (χ1n) is 6.47. The largest absolute Gasteiger partial charge is 0.497 e. The molecule has 0 atom stereocenters. The Kier molecular flexibility index (Phi) is 4.39. The van der Waals surface area contributed by atoms with Crippen molar-refractivity contribution in [2.24, 2.45) is 0 Å². The molecule has 2 aromatic rings. The second kappa shape index (κ2) is 6.23. The van der Waals surface area contributed by atoms with Gasteiger partial charge >= 0.3 is 0 Å². The van der Waals surface area contributed by atoms with Crippen molar-refractivity contribution in [3.05, 3.63) is 53.5 Å². The number of carbonyl (C=O) groups is 1. The third-order valence-electron chi connectivity index (χ3n) is 3.08. The molecule has 0 saturated heterocycles. The van der Waals surface area contributed by atoms with Crippen LogP contribution in [-0.4, -0.2) is 12.9 Å². The van der Waals surface area contributed by atoms with Gasteiger partial charge in [-0.3, -0.25) is 4.79 Å². The molecule has 3 heteroatoms. The minimum atomic E-state index is 0.0514. The second-order valence-corrected chi connectivity index (χ2v) is 4.39. The minimum absolute atomic E-state index is 0.0514. The molecule has 100 valence electrons. The van der Waals surface area contributed by atoms with Crippen molar-refractivity contribution < 1.29 is 13.9 Å². The summed E-state index contributed by atoms with van der Waals surface area (Å²) in [5.41, 5.74) is 1.12. The van der Waals surface area contributed by atoms with Crippen LogP contribution in [0.15, 0.2) is 40.8 Å². The number of carbonyl (C=O) groups excluding carboxylic acids is 1. The Hall–Kier alpha value is -2.03. The molecule has 0 aliphatic carbocycles. The van der Waals surface area contributed by atoms with Gasteiger partial charge in [-0.25, -0.2) is 0 Å². The first-order valence-corrected chi connectivity index (χ1v) is 6.47. The van der Waals surface area contributed by atoms with E-state index in [0.29, 0.717) is 18.6 Å². The fraction of sp³-hybridized carbons (Fsp3) is 0.312. The van der Waals surface area contributed by atoms with Crippen molar-refractivity contribution in [2.75, 3.05) is 7.11 Å². The zero-order chi connectivity index (χ0) is 13.7. The number of methoxy groups -OCH3 is 1. The molecule has 3 nitrogen and oxygen atoms in total. The van der Waals surface area contributed by atoms with Crippen LogP contribution < -0.4 is 4.74 Å². The van der Waals surface area contributed by atoms with Crippen LogP contribution in [0.4, 0.5) is 0 Å². The zero-order valence-electron chi connectivity index (χ0n) is 11.3. The van der Waals surface area contributed by atoms with E-state index in [1.165, 1.54) is 0 Å². The van der Waals surface area contributed by atoms with E-state index < -0.39 is 0 Å². The molecule has 0 aliphatic heterocycles. The fourth-order valence-corrected chi connectivity index (χ4v) is 1.89. The van der Waals surface area contributed by atoms with Crippen molar-refractivity contribution in [2.45, 2.75) is 26.2 Å². The number of furan rings is 1. The van der Waals surface area contributed by atoms with E-state index in [1.807, 2.05) is 37.3 Å². The Morgan fingerprint density at radius 2 is 1.89 bits per heavy atom. The fourth-order valence-electron chi connectivity index (χ4n) is 1.89. The summed E-state index contributed by atoms with van der Waals surface area (Å²) in [4.78, 5) is 12.0. The Morgan fingerprint density at radius 1 is 1.16 bits per heavy atom. The van der Waals surface area contributed by atoms with Gasteiger partial charge in [0, 0.05) is 12.8 Å². The van der Waals surface area contributed by atoms with E-state index >= 15 is 0 Å². The van der Waals surface area contributed by atoms with Gasteiger partial charge in [0.15, 0.2) is 11.5 Å². The predicted molar refractivity (Wildman–Crippen MR) is 73.7 cm³/mol. The average molecular weight is 258 g/mol. The lowest BCUT2D eigenvalue weighted by Crippen LogP contribution is -1.99. The monoisotopic (exact) mass is 258 g/mol. The van der Waals surface area contributed by atoms with Gasteiger partial charge < -0.3 is 9.15 Å². The van der Waals surface area contributed by atoms with Crippen LogP contribution in [0.25, 0.3) is 0 Å². The van der Waals surface area contributed by atoms with Crippen LogP contribution in [0.1, 0.15) is 35.2 Å². The van der Waals surface area contributed by atoms with Gasteiger partial charge in [0.1, 0.15) is 11.5 Å². The lowest BCUT2D eigenvalue weighted by Gasteiger charge is -2.02. The van der Waals surface area contributed by atoms with Crippen LogP contribution in [0.5, 0.6) is 5.75 Å². The summed E-state index contributed by atoms with van der Waals surface area (Å²) in [6, 6.07) is 11.4. The van der Waals surface area contributed by atoms with Crippen molar-refractivity contribution in [3.8, 4) is 5.75 Å². The highest BCUT2D eigenvalue weighted by atomic mass is 16.5. The molecule has 19 heavy (non-hydrogen) atoms. The van der Waals surface area contributed by atoms with Gasteiger partial charge in [-0.2, -0.15) is 0 Å². The highest BCUT2D eigenvalue weighted by molar-refractivity contribution is 5.93. The molecule has 1 aromatic carbocycles.